The summed E-state index contributed by atoms with van der Waals surface area (Å²) >= 11 is 0. The summed E-state index contributed by atoms with van der Waals surface area (Å²) in [5, 5.41) is 3.97. The van der Waals surface area contributed by atoms with Gasteiger partial charge < -0.3 is 5.73 Å². The van der Waals surface area contributed by atoms with Crippen LogP contribution in [0.25, 0.3) is 5.69 Å². The number of halogens is 2. The van der Waals surface area contributed by atoms with Crippen LogP contribution in [0.3, 0.4) is 0 Å². The number of hydrogen-bond acceptors (Lipinski definition) is 2. The molecule has 2 rings (SSSR count). The van der Waals surface area contributed by atoms with Crippen LogP contribution in [0.5, 0.6) is 0 Å². The van der Waals surface area contributed by atoms with E-state index < -0.39 is 17.5 Å². The first-order chi connectivity index (χ1) is 7.97. The Kier molecular flexibility index (Phi) is 2.63. The molecule has 1 aromatic heterocycles. The third-order valence-electron chi connectivity index (χ3n) is 2.28. The number of aryl methyl sites for hydroxylation is 1. The molecule has 0 bridgehead atoms. The van der Waals surface area contributed by atoms with Gasteiger partial charge in [0.2, 0.25) is 0 Å². The second kappa shape index (κ2) is 3.97. The van der Waals surface area contributed by atoms with Gasteiger partial charge in [0.15, 0.2) is 0 Å². The van der Waals surface area contributed by atoms with Crippen molar-refractivity contribution < 1.29 is 13.6 Å². The number of hydrogen-bond donors (Lipinski definition) is 1. The molecule has 0 saturated carbocycles. The molecule has 0 aliphatic carbocycles. The molecule has 0 radical (unpaired) electrons. The quantitative estimate of drug-likeness (QED) is 0.861. The van der Waals surface area contributed by atoms with Crippen LogP contribution in [0, 0.1) is 18.6 Å². The van der Waals surface area contributed by atoms with E-state index in [1.54, 1.807) is 6.92 Å². The van der Waals surface area contributed by atoms with Crippen molar-refractivity contribution in [2.75, 3.05) is 0 Å². The fourth-order valence-electron chi connectivity index (χ4n) is 1.51. The lowest BCUT2D eigenvalue weighted by Gasteiger charge is -2.01. The number of primary amides is 1. The largest absolute Gasteiger partial charge is 0.365 e. The predicted octanol–water partition coefficient (Wildman–Crippen LogP) is 1.56. The van der Waals surface area contributed by atoms with E-state index in [1.165, 1.54) is 10.9 Å². The molecule has 0 unspecified atom stereocenters. The van der Waals surface area contributed by atoms with Crippen LogP contribution in [0.1, 0.15) is 16.1 Å². The van der Waals surface area contributed by atoms with E-state index in [1.807, 2.05) is 0 Å². The van der Waals surface area contributed by atoms with Crippen molar-refractivity contribution in [3.05, 3.63) is 47.3 Å². The molecule has 1 aromatic carbocycles. The van der Waals surface area contributed by atoms with Gasteiger partial charge >= 0.3 is 0 Å². The van der Waals surface area contributed by atoms with Gasteiger partial charge in [0.1, 0.15) is 11.6 Å². The second-order valence-electron chi connectivity index (χ2n) is 3.56. The zero-order chi connectivity index (χ0) is 12.6. The van der Waals surface area contributed by atoms with Gasteiger partial charge in [0.05, 0.1) is 16.9 Å². The molecule has 4 nitrogen and oxygen atoms in total. The number of carbonyl (C=O) groups excluding carboxylic acids is 1. The van der Waals surface area contributed by atoms with Crippen molar-refractivity contribution in [1.82, 2.24) is 9.78 Å². The monoisotopic (exact) mass is 237 g/mol. The Morgan fingerprint density at radius 1 is 1.29 bits per heavy atom. The highest BCUT2D eigenvalue weighted by atomic mass is 19.1. The van der Waals surface area contributed by atoms with Crippen molar-refractivity contribution in [2.45, 2.75) is 6.92 Å². The van der Waals surface area contributed by atoms with E-state index in [4.69, 9.17) is 5.73 Å². The van der Waals surface area contributed by atoms with E-state index in [0.717, 1.165) is 18.2 Å². The minimum atomic E-state index is -0.714. The average Bonchev–Trinajstić information content (AvgIpc) is 2.59. The fraction of sp³-hybridized carbons (Fsp3) is 0.0909. The van der Waals surface area contributed by atoms with Gasteiger partial charge in [-0.05, 0) is 19.1 Å². The van der Waals surface area contributed by atoms with E-state index >= 15 is 0 Å². The van der Waals surface area contributed by atoms with Crippen LogP contribution in [-0.4, -0.2) is 15.7 Å². The summed E-state index contributed by atoms with van der Waals surface area (Å²) < 4.78 is 27.2. The van der Waals surface area contributed by atoms with Gasteiger partial charge in [0.25, 0.3) is 5.91 Å². The Labute approximate surface area is 95.7 Å². The van der Waals surface area contributed by atoms with E-state index in [9.17, 15) is 13.6 Å². The predicted molar refractivity (Wildman–Crippen MR) is 56.7 cm³/mol. The average molecular weight is 237 g/mol. The lowest BCUT2D eigenvalue weighted by Crippen LogP contribution is -2.11. The summed E-state index contributed by atoms with van der Waals surface area (Å²) in [7, 11) is 0. The summed E-state index contributed by atoms with van der Waals surface area (Å²) in [4.78, 5) is 11.0. The Morgan fingerprint density at radius 3 is 2.35 bits per heavy atom. The van der Waals surface area contributed by atoms with Gasteiger partial charge in [-0.15, -0.1) is 0 Å². The molecule has 0 saturated heterocycles. The van der Waals surface area contributed by atoms with Crippen LogP contribution in [0.2, 0.25) is 0 Å². The Balaban J connectivity index is 2.53. The van der Waals surface area contributed by atoms with Crippen LogP contribution in [-0.2, 0) is 0 Å². The van der Waals surface area contributed by atoms with E-state index in [0.29, 0.717) is 5.69 Å². The topological polar surface area (TPSA) is 60.9 Å². The van der Waals surface area contributed by atoms with Crippen molar-refractivity contribution >= 4 is 5.91 Å². The van der Waals surface area contributed by atoms with Gasteiger partial charge in [0, 0.05) is 12.3 Å². The number of carbonyl (C=O) groups is 1. The molecule has 17 heavy (non-hydrogen) atoms. The van der Waals surface area contributed by atoms with Crippen LogP contribution >= 0.6 is 0 Å². The van der Waals surface area contributed by atoms with Crippen LogP contribution in [0.4, 0.5) is 8.78 Å². The Morgan fingerprint density at radius 2 is 1.88 bits per heavy atom. The van der Waals surface area contributed by atoms with Gasteiger partial charge in [-0.25, -0.2) is 13.5 Å². The van der Waals surface area contributed by atoms with E-state index in [2.05, 4.69) is 5.10 Å². The highest BCUT2D eigenvalue weighted by Crippen LogP contribution is 2.14. The summed E-state index contributed by atoms with van der Waals surface area (Å²) in [6.07, 6.45) is 1.34. The maximum atomic E-state index is 13.0. The van der Waals surface area contributed by atoms with Crippen molar-refractivity contribution in [3.63, 3.8) is 0 Å². The van der Waals surface area contributed by atoms with Crippen molar-refractivity contribution in [2.24, 2.45) is 5.73 Å². The normalized spacial score (nSPS) is 10.5. The number of amides is 1. The minimum absolute atomic E-state index is 0.193. The highest BCUT2D eigenvalue weighted by Gasteiger charge is 2.11. The molecule has 0 fully saturated rings. The summed E-state index contributed by atoms with van der Waals surface area (Å²) in [5.74, 6) is -2.06. The minimum Gasteiger partial charge on any atom is -0.365 e. The number of nitrogens with zero attached hydrogens (tertiary/aromatic N) is 2. The van der Waals surface area contributed by atoms with Crippen LogP contribution in [0.15, 0.2) is 24.4 Å². The summed E-state index contributed by atoms with van der Waals surface area (Å²) in [6, 6.07) is 2.98. The standard InChI is InChI=1S/C11H9F2N3O/c1-6-10(11(14)17)5-16(15-6)9-3-7(12)2-8(13)4-9/h2-5H,1H3,(H2,14,17). The maximum Gasteiger partial charge on any atom is 0.252 e. The van der Waals surface area contributed by atoms with Crippen LogP contribution < -0.4 is 5.73 Å². The first kappa shape index (κ1) is 11.3. The van der Waals surface area contributed by atoms with Gasteiger partial charge in [-0.1, -0.05) is 0 Å². The first-order valence-electron chi connectivity index (χ1n) is 4.80. The van der Waals surface area contributed by atoms with Gasteiger partial charge in [-0.3, -0.25) is 4.79 Å². The molecular formula is C11H9F2N3O. The molecule has 88 valence electrons. The molecular weight excluding hydrogens is 228 g/mol. The number of nitrogens with two attached hydrogens (primary N) is 1. The molecule has 0 aliphatic heterocycles. The number of benzene rings is 1. The molecule has 2 N–H and O–H groups in total. The summed E-state index contributed by atoms with van der Waals surface area (Å²) in [6.45, 7) is 1.59. The smallest absolute Gasteiger partial charge is 0.252 e. The number of rotatable bonds is 2. The summed E-state index contributed by atoms with van der Waals surface area (Å²) in [5.41, 5.74) is 5.94. The first-order valence-corrected chi connectivity index (χ1v) is 4.80. The highest BCUT2D eigenvalue weighted by molar-refractivity contribution is 5.93. The molecule has 6 heteroatoms. The SMILES string of the molecule is Cc1nn(-c2cc(F)cc(F)c2)cc1C(N)=O. The zero-order valence-electron chi connectivity index (χ0n) is 8.95. The lowest BCUT2D eigenvalue weighted by atomic mass is 10.2. The molecule has 0 aliphatic rings. The Bertz CT molecular complexity index is 572. The fourth-order valence-corrected chi connectivity index (χ4v) is 1.51. The third kappa shape index (κ3) is 2.15. The van der Waals surface area contributed by atoms with E-state index in [-0.39, 0.29) is 11.3 Å². The number of aromatic nitrogens is 2. The molecule has 1 heterocycles. The molecule has 0 spiro atoms. The van der Waals surface area contributed by atoms with Gasteiger partial charge in [-0.2, -0.15) is 5.10 Å². The molecule has 2 aromatic rings. The lowest BCUT2D eigenvalue weighted by molar-refractivity contribution is 0.0999. The Hall–Kier alpha value is -2.24. The zero-order valence-corrected chi connectivity index (χ0v) is 8.95. The third-order valence-corrected chi connectivity index (χ3v) is 2.28. The van der Waals surface area contributed by atoms with Crippen molar-refractivity contribution in [3.8, 4) is 5.69 Å². The molecule has 1 amide bonds. The molecule has 0 atom stereocenters. The van der Waals surface area contributed by atoms with Crippen molar-refractivity contribution in [1.29, 1.82) is 0 Å². The second-order valence-corrected chi connectivity index (χ2v) is 3.56. The maximum absolute atomic E-state index is 13.0.